The summed E-state index contributed by atoms with van der Waals surface area (Å²) in [4.78, 5) is 32.3. The number of nitrogens with one attached hydrogen (secondary N) is 1. The van der Waals surface area contributed by atoms with Gasteiger partial charge in [0.15, 0.2) is 0 Å². The molecule has 0 atom stereocenters. The molecule has 7 nitrogen and oxygen atoms in total. The molecule has 0 aliphatic rings. The Hall–Kier alpha value is -1.63. The quantitative estimate of drug-likeness (QED) is 0.416. The molecule has 0 aromatic carbocycles. The molecule has 0 unspecified atom stereocenters. The van der Waals surface area contributed by atoms with Gasteiger partial charge in [-0.25, -0.2) is 4.79 Å². The van der Waals surface area contributed by atoms with Crippen molar-refractivity contribution in [1.82, 2.24) is 5.32 Å². The average molecular weight is 275 g/mol. The molecule has 0 aromatic rings. The van der Waals surface area contributed by atoms with Gasteiger partial charge in [-0.2, -0.15) is 0 Å². The van der Waals surface area contributed by atoms with Crippen LogP contribution in [0, 0.1) is 0 Å². The monoisotopic (exact) mass is 275 g/mol. The summed E-state index contributed by atoms with van der Waals surface area (Å²) in [7, 11) is 0. The summed E-state index contributed by atoms with van der Waals surface area (Å²) in [6.07, 6.45) is 2.69. The Morgan fingerprint density at radius 3 is 2.47 bits per heavy atom. The Labute approximate surface area is 112 Å². The van der Waals surface area contributed by atoms with Crippen molar-refractivity contribution in [2.45, 2.75) is 32.6 Å². The zero-order chi connectivity index (χ0) is 14.5. The van der Waals surface area contributed by atoms with Crippen molar-refractivity contribution in [3.63, 3.8) is 0 Å². The second kappa shape index (κ2) is 11.5. The fraction of sp³-hybridized carbons (Fsp3) is 0.750. The SMILES string of the molecule is CCOC(=O)CCCCCNC(=O)COCC(=O)O. The third kappa shape index (κ3) is 12.6. The Bertz CT molecular complexity index is 292. The third-order valence-corrected chi connectivity index (χ3v) is 2.14. The van der Waals surface area contributed by atoms with Crippen molar-refractivity contribution in [1.29, 1.82) is 0 Å². The van der Waals surface area contributed by atoms with Crippen molar-refractivity contribution in [3.8, 4) is 0 Å². The van der Waals surface area contributed by atoms with Crippen molar-refractivity contribution < 1.29 is 29.0 Å². The molecule has 0 fully saturated rings. The summed E-state index contributed by atoms with van der Waals surface area (Å²) in [5, 5.41) is 10.9. The van der Waals surface area contributed by atoms with E-state index in [-0.39, 0.29) is 18.5 Å². The van der Waals surface area contributed by atoms with Crippen molar-refractivity contribution in [2.75, 3.05) is 26.4 Å². The van der Waals surface area contributed by atoms with Crippen LogP contribution in [-0.2, 0) is 23.9 Å². The summed E-state index contributed by atoms with van der Waals surface area (Å²) in [6, 6.07) is 0. The Balaban J connectivity index is 3.31. The minimum absolute atomic E-state index is 0.200. The maximum atomic E-state index is 11.1. The van der Waals surface area contributed by atoms with Gasteiger partial charge in [-0.1, -0.05) is 6.42 Å². The highest BCUT2D eigenvalue weighted by molar-refractivity contribution is 5.77. The molecule has 7 heteroatoms. The predicted octanol–water partition coefficient (Wildman–Crippen LogP) is 0.327. The maximum absolute atomic E-state index is 11.1. The molecule has 0 saturated carbocycles. The Morgan fingerprint density at radius 2 is 1.84 bits per heavy atom. The van der Waals surface area contributed by atoms with Gasteiger partial charge in [-0.3, -0.25) is 9.59 Å². The van der Waals surface area contributed by atoms with Crippen molar-refractivity contribution >= 4 is 17.8 Å². The summed E-state index contributed by atoms with van der Waals surface area (Å²) in [5.41, 5.74) is 0. The van der Waals surface area contributed by atoms with Crippen molar-refractivity contribution in [3.05, 3.63) is 0 Å². The van der Waals surface area contributed by atoms with Crippen LogP contribution in [0.2, 0.25) is 0 Å². The number of aliphatic carboxylic acids is 1. The molecule has 0 aromatic heterocycles. The summed E-state index contributed by atoms with van der Waals surface area (Å²) < 4.78 is 9.40. The highest BCUT2D eigenvalue weighted by atomic mass is 16.5. The van der Waals surface area contributed by atoms with E-state index < -0.39 is 12.6 Å². The van der Waals surface area contributed by atoms with Crippen LogP contribution < -0.4 is 5.32 Å². The van der Waals surface area contributed by atoms with E-state index in [0.29, 0.717) is 19.6 Å². The molecule has 19 heavy (non-hydrogen) atoms. The first-order valence-electron chi connectivity index (χ1n) is 6.28. The van der Waals surface area contributed by atoms with E-state index >= 15 is 0 Å². The molecule has 0 heterocycles. The van der Waals surface area contributed by atoms with Gasteiger partial charge in [0.1, 0.15) is 13.2 Å². The molecule has 1 amide bonds. The minimum Gasteiger partial charge on any atom is -0.480 e. The lowest BCUT2D eigenvalue weighted by molar-refractivity contribution is -0.144. The van der Waals surface area contributed by atoms with Gasteiger partial charge in [0.05, 0.1) is 6.61 Å². The highest BCUT2D eigenvalue weighted by Gasteiger charge is 2.04. The molecule has 0 bridgehead atoms. The van der Waals surface area contributed by atoms with Gasteiger partial charge in [-0.15, -0.1) is 0 Å². The predicted molar refractivity (Wildman–Crippen MR) is 66.6 cm³/mol. The fourth-order valence-corrected chi connectivity index (χ4v) is 1.31. The summed E-state index contributed by atoms with van der Waals surface area (Å²) >= 11 is 0. The zero-order valence-corrected chi connectivity index (χ0v) is 11.1. The van der Waals surface area contributed by atoms with E-state index in [9.17, 15) is 14.4 Å². The van der Waals surface area contributed by atoms with Gasteiger partial charge < -0.3 is 19.9 Å². The Morgan fingerprint density at radius 1 is 1.11 bits per heavy atom. The first kappa shape index (κ1) is 17.4. The number of hydrogen-bond donors (Lipinski definition) is 2. The molecular weight excluding hydrogens is 254 g/mol. The normalized spacial score (nSPS) is 9.95. The lowest BCUT2D eigenvalue weighted by Crippen LogP contribution is -2.29. The number of esters is 1. The first-order chi connectivity index (χ1) is 9.06. The van der Waals surface area contributed by atoms with E-state index in [1.54, 1.807) is 6.92 Å². The average Bonchev–Trinajstić information content (AvgIpc) is 2.33. The van der Waals surface area contributed by atoms with E-state index in [2.05, 4.69) is 10.1 Å². The topological polar surface area (TPSA) is 102 Å². The number of ether oxygens (including phenoxy) is 2. The number of unbranched alkanes of at least 4 members (excludes halogenated alkanes) is 2. The first-order valence-corrected chi connectivity index (χ1v) is 6.28. The number of carboxylic acids is 1. The highest BCUT2D eigenvalue weighted by Crippen LogP contribution is 2.00. The second-order valence-corrected chi connectivity index (χ2v) is 3.85. The summed E-state index contributed by atoms with van der Waals surface area (Å²) in [6.45, 7) is 1.91. The molecule has 0 radical (unpaired) electrons. The number of rotatable bonds is 11. The second-order valence-electron chi connectivity index (χ2n) is 3.85. The molecule has 0 aliphatic heterocycles. The van der Waals surface area contributed by atoms with Crippen LogP contribution in [-0.4, -0.2) is 49.3 Å². The van der Waals surface area contributed by atoms with E-state index in [1.807, 2.05) is 0 Å². The van der Waals surface area contributed by atoms with Crippen LogP contribution in [0.1, 0.15) is 32.6 Å². The van der Waals surface area contributed by atoms with Crippen LogP contribution in [0.25, 0.3) is 0 Å². The van der Waals surface area contributed by atoms with Gasteiger partial charge >= 0.3 is 11.9 Å². The number of carbonyl (C=O) groups excluding carboxylic acids is 2. The molecule has 0 saturated heterocycles. The largest absolute Gasteiger partial charge is 0.480 e. The number of carboxylic acid groups (broad SMARTS) is 1. The minimum atomic E-state index is -1.10. The zero-order valence-electron chi connectivity index (χ0n) is 11.1. The third-order valence-electron chi connectivity index (χ3n) is 2.14. The van der Waals surface area contributed by atoms with Gasteiger partial charge in [0, 0.05) is 13.0 Å². The van der Waals surface area contributed by atoms with Crippen LogP contribution >= 0.6 is 0 Å². The van der Waals surface area contributed by atoms with E-state index in [4.69, 9.17) is 9.84 Å². The van der Waals surface area contributed by atoms with Crippen LogP contribution in [0.4, 0.5) is 0 Å². The van der Waals surface area contributed by atoms with Crippen molar-refractivity contribution in [2.24, 2.45) is 0 Å². The lowest BCUT2D eigenvalue weighted by atomic mass is 10.2. The molecular formula is C12H21NO6. The van der Waals surface area contributed by atoms with Gasteiger partial charge in [-0.05, 0) is 19.8 Å². The maximum Gasteiger partial charge on any atom is 0.329 e. The number of amides is 1. The Kier molecular flexibility index (Phi) is 10.5. The van der Waals surface area contributed by atoms with Gasteiger partial charge in [0.25, 0.3) is 0 Å². The molecule has 2 N–H and O–H groups in total. The van der Waals surface area contributed by atoms with Crippen LogP contribution in [0.15, 0.2) is 0 Å². The number of carbonyl (C=O) groups is 3. The van der Waals surface area contributed by atoms with Gasteiger partial charge in [0.2, 0.25) is 5.91 Å². The van der Waals surface area contributed by atoms with E-state index in [1.165, 1.54) is 0 Å². The number of hydrogen-bond acceptors (Lipinski definition) is 5. The lowest BCUT2D eigenvalue weighted by Gasteiger charge is -2.05. The molecule has 110 valence electrons. The standard InChI is InChI=1S/C12H21NO6/c1-2-19-12(17)6-4-3-5-7-13-10(14)8-18-9-11(15)16/h2-9H2,1H3,(H,13,14)(H,15,16). The fourth-order valence-electron chi connectivity index (χ4n) is 1.31. The molecule has 0 spiro atoms. The smallest absolute Gasteiger partial charge is 0.329 e. The van der Waals surface area contributed by atoms with Crippen LogP contribution in [0.5, 0.6) is 0 Å². The molecule has 0 aliphatic carbocycles. The van der Waals surface area contributed by atoms with Crippen LogP contribution in [0.3, 0.4) is 0 Å². The van der Waals surface area contributed by atoms with E-state index in [0.717, 1.165) is 19.3 Å². The summed E-state index contributed by atoms with van der Waals surface area (Å²) in [5.74, 6) is -1.65. The molecule has 0 rings (SSSR count).